The summed E-state index contributed by atoms with van der Waals surface area (Å²) in [6.45, 7) is -0.00826. The van der Waals surface area contributed by atoms with Gasteiger partial charge in [0.15, 0.2) is 11.6 Å². The molecule has 1 heterocycles. The van der Waals surface area contributed by atoms with Gasteiger partial charge in [0.2, 0.25) is 12.3 Å². The van der Waals surface area contributed by atoms with Gasteiger partial charge in [0.25, 0.3) is 0 Å². The van der Waals surface area contributed by atoms with Crippen LogP contribution in [0.1, 0.15) is 11.7 Å². The molecule has 1 atom stereocenters. The van der Waals surface area contributed by atoms with Crippen molar-refractivity contribution in [2.45, 2.75) is 6.10 Å². The Hall–Kier alpha value is -2.93. The summed E-state index contributed by atoms with van der Waals surface area (Å²) in [6, 6.07) is 11.3. The van der Waals surface area contributed by atoms with Crippen molar-refractivity contribution >= 4 is 0 Å². The highest BCUT2D eigenvalue weighted by Gasteiger charge is 2.12. The van der Waals surface area contributed by atoms with Crippen LogP contribution in [0.3, 0.4) is 0 Å². The summed E-state index contributed by atoms with van der Waals surface area (Å²) >= 11 is 0. The summed E-state index contributed by atoms with van der Waals surface area (Å²) in [5.41, 5.74) is 1.17. The van der Waals surface area contributed by atoms with E-state index in [1.165, 1.54) is 25.6 Å². The van der Waals surface area contributed by atoms with E-state index < -0.39 is 11.9 Å². The molecule has 0 spiro atoms. The number of hydrogen-bond donors (Lipinski definition) is 1. The summed E-state index contributed by atoms with van der Waals surface area (Å²) in [4.78, 5) is 0. The van der Waals surface area contributed by atoms with Gasteiger partial charge in [-0.05, 0) is 42.0 Å². The van der Waals surface area contributed by atoms with Gasteiger partial charge >= 0.3 is 0 Å². The fraction of sp³-hybridized carbons (Fsp3) is 0.176. The first kappa shape index (κ1) is 15.9. The van der Waals surface area contributed by atoms with Crippen molar-refractivity contribution in [1.82, 2.24) is 10.2 Å². The fourth-order valence-corrected chi connectivity index (χ4v) is 2.15. The molecule has 1 aromatic heterocycles. The van der Waals surface area contributed by atoms with Crippen molar-refractivity contribution in [2.75, 3.05) is 13.7 Å². The maximum Gasteiger partial charge on any atom is 0.247 e. The van der Waals surface area contributed by atoms with Gasteiger partial charge in [-0.3, -0.25) is 0 Å². The van der Waals surface area contributed by atoms with Crippen LogP contribution < -0.4 is 9.47 Å². The van der Waals surface area contributed by atoms with E-state index in [1.807, 2.05) is 0 Å². The van der Waals surface area contributed by atoms with Gasteiger partial charge < -0.3 is 19.0 Å². The molecule has 0 amide bonds. The van der Waals surface area contributed by atoms with Crippen LogP contribution in [-0.4, -0.2) is 29.0 Å². The Morgan fingerprint density at radius 3 is 2.62 bits per heavy atom. The largest absolute Gasteiger partial charge is 0.494 e. The molecule has 1 N–H and O–H groups in total. The molecule has 1 unspecified atom stereocenters. The van der Waals surface area contributed by atoms with E-state index >= 15 is 0 Å². The Bertz CT molecular complexity index is 791. The molecule has 0 radical (unpaired) electrons. The minimum Gasteiger partial charge on any atom is -0.494 e. The molecule has 0 fully saturated rings. The van der Waals surface area contributed by atoms with Crippen LogP contribution in [0.2, 0.25) is 0 Å². The number of aromatic nitrogens is 2. The second kappa shape index (κ2) is 7.10. The molecule has 124 valence electrons. The third-order valence-corrected chi connectivity index (χ3v) is 3.43. The van der Waals surface area contributed by atoms with Crippen molar-refractivity contribution in [3.8, 4) is 23.0 Å². The molecule has 0 saturated heterocycles. The third-order valence-electron chi connectivity index (χ3n) is 3.43. The molecule has 2 aromatic carbocycles. The van der Waals surface area contributed by atoms with Crippen molar-refractivity contribution in [2.24, 2.45) is 0 Å². The molecule has 6 nitrogen and oxygen atoms in total. The summed E-state index contributed by atoms with van der Waals surface area (Å²) < 4.78 is 29.1. The number of methoxy groups -OCH3 is 1. The first-order valence-corrected chi connectivity index (χ1v) is 7.18. The minimum atomic E-state index is -0.957. The zero-order chi connectivity index (χ0) is 16.9. The van der Waals surface area contributed by atoms with Crippen LogP contribution in [0.5, 0.6) is 11.5 Å². The number of benzene rings is 2. The first-order chi connectivity index (χ1) is 11.7. The van der Waals surface area contributed by atoms with Crippen molar-refractivity contribution in [3.05, 3.63) is 60.2 Å². The van der Waals surface area contributed by atoms with Gasteiger partial charge in [-0.25, -0.2) is 4.39 Å². The third kappa shape index (κ3) is 3.52. The molecule has 24 heavy (non-hydrogen) atoms. The van der Waals surface area contributed by atoms with E-state index in [2.05, 4.69) is 10.2 Å². The normalized spacial score (nSPS) is 12.0. The predicted octanol–water partition coefficient (Wildman–Crippen LogP) is 3.00. The lowest BCUT2D eigenvalue weighted by atomic mass is 10.1. The van der Waals surface area contributed by atoms with Crippen molar-refractivity contribution in [1.29, 1.82) is 0 Å². The lowest BCUT2D eigenvalue weighted by Crippen LogP contribution is -2.10. The molecule has 3 aromatic rings. The van der Waals surface area contributed by atoms with Crippen LogP contribution in [0.4, 0.5) is 4.39 Å². The lowest BCUT2D eigenvalue weighted by molar-refractivity contribution is 0.108. The summed E-state index contributed by atoms with van der Waals surface area (Å²) in [6.07, 6.45) is 0.297. The van der Waals surface area contributed by atoms with Crippen LogP contribution >= 0.6 is 0 Å². The molecular weight excluding hydrogens is 315 g/mol. The van der Waals surface area contributed by atoms with Gasteiger partial charge in [0.1, 0.15) is 18.5 Å². The average molecular weight is 330 g/mol. The maximum absolute atomic E-state index is 13.7. The molecular formula is C17H15FN2O4. The van der Waals surface area contributed by atoms with Crippen LogP contribution in [0, 0.1) is 5.82 Å². The molecule has 0 saturated carbocycles. The Morgan fingerprint density at radius 2 is 2.00 bits per heavy atom. The topological polar surface area (TPSA) is 77.6 Å². The molecule has 7 heteroatoms. The SMILES string of the molecule is COc1ccc(C(O)COc2ccc(-c3nnco3)cc2)cc1F. The standard InChI is InChI=1S/C17H15FN2O4/c1-22-16-7-4-12(8-14(16)18)15(21)9-23-13-5-2-11(3-6-13)17-20-19-10-24-17/h2-8,10,15,21H,9H2,1H3. The fourth-order valence-electron chi connectivity index (χ4n) is 2.15. The second-order valence-corrected chi connectivity index (χ2v) is 4.99. The Morgan fingerprint density at radius 1 is 1.21 bits per heavy atom. The van der Waals surface area contributed by atoms with Gasteiger partial charge in [-0.1, -0.05) is 6.07 Å². The number of halogens is 1. The van der Waals surface area contributed by atoms with Crippen LogP contribution in [0.15, 0.2) is 53.3 Å². The molecule has 0 aliphatic rings. The highest BCUT2D eigenvalue weighted by molar-refractivity contribution is 5.53. The zero-order valence-corrected chi connectivity index (χ0v) is 12.8. The molecule has 0 aliphatic carbocycles. The number of aliphatic hydroxyl groups is 1. The predicted molar refractivity (Wildman–Crippen MR) is 83.1 cm³/mol. The summed E-state index contributed by atoms with van der Waals surface area (Å²) in [5, 5.41) is 17.5. The van der Waals surface area contributed by atoms with Gasteiger partial charge in [-0.2, -0.15) is 0 Å². The Labute approximate surface area is 137 Å². The summed E-state index contributed by atoms with van der Waals surface area (Å²) in [7, 11) is 1.38. The Kier molecular flexibility index (Phi) is 4.72. The Balaban J connectivity index is 1.61. The highest BCUT2D eigenvalue weighted by atomic mass is 19.1. The van der Waals surface area contributed by atoms with Crippen LogP contribution in [0.25, 0.3) is 11.5 Å². The van der Waals surface area contributed by atoms with Gasteiger partial charge in [0.05, 0.1) is 7.11 Å². The van der Waals surface area contributed by atoms with Crippen LogP contribution in [-0.2, 0) is 0 Å². The number of nitrogens with zero attached hydrogens (tertiary/aromatic N) is 2. The quantitative estimate of drug-likeness (QED) is 0.748. The number of aliphatic hydroxyl groups excluding tert-OH is 1. The number of hydrogen-bond acceptors (Lipinski definition) is 6. The second-order valence-electron chi connectivity index (χ2n) is 4.99. The first-order valence-electron chi connectivity index (χ1n) is 7.18. The minimum absolute atomic E-state index is 0.00826. The van der Waals surface area contributed by atoms with E-state index in [0.29, 0.717) is 17.2 Å². The molecule has 0 bridgehead atoms. The maximum atomic E-state index is 13.7. The smallest absolute Gasteiger partial charge is 0.247 e. The molecule has 0 aliphatic heterocycles. The van der Waals surface area contributed by atoms with E-state index in [0.717, 1.165) is 5.56 Å². The van der Waals surface area contributed by atoms with E-state index in [4.69, 9.17) is 13.9 Å². The molecule has 3 rings (SSSR count). The van der Waals surface area contributed by atoms with Crippen molar-refractivity contribution in [3.63, 3.8) is 0 Å². The monoisotopic (exact) mass is 330 g/mol. The number of rotatable bonds is 6. The lowest BCUT2D eigenvalue weighted by Gasteiger charge is -2.13. The number of ether oxygens (including phenoxy) is 2. The highest BCUT2D eigenvalue weighted by Crippen LogP contribution is 2.24. The van der Waals surface area contributed by atoms with Crippen molar-refractivity contribution < 1.29 is 23.4 Å². The summed E-state index contributed by atoms with van der Waals surface area (Å²) in [5.74, 6) is 0.572. The average Bonchev–Trinajstić information content (AvgIpc) is 3.14. The zero-order valence-electron chi connectivity index (χ0n) is 12.8. The van der Waals surface area contributed by atoms with Gasteiger partial charge in [-0.15, -0.1) is 10.2 Å². The van der Waals surface area contributed by atoms with E-state index in [9.17, 15) is 9.50 Å². The van der Waals surface area contributed by atoms with E-state index in [1.54, 1.807) is 30.3 Å². The van der Waals surface area contributed by atoms with Gasteiger partial charge in [0, 0.05) is 5.56 Å². The van der Waals surface area contributed by atoms with E-state index in [-0.39, 0.29) is 12.4 Å².